The van der Waals surface area contributed by atoms with Gasteiger partial charge in [0, 0.05) is 18.1 Å². The number of carbonyl (C=O) groups is 2. The number of carbonyl (C=O) groups excluding carboxylic acids is 2. The monoisotopic (exact) mass is 340 g/mol. The first-order valence-electron chi connectivity index (χ1n) is 6.98. The molecule has 2 unspecified atom stereocenters. The SMILES string of the molecule is CSCC[C@H](N)C(=O)NC(=O)C1CSC(c2cccnc2)N1. The number of nitrogens with zero attached hydrogens (tertiary/aromatic N) is 1. The Morgan fingerprint density at radius 2 is 2.45 bits per heavy atom. The number of imide groups is 1. The molecule has 1 aliphatic heterocycles. The molecule has 0 aliphatic carbocycles. The topological polar surface area (TPSA) is 97.1 Å². The molecule has 1 fully saturated rings. The minimum Gasteiger partial charge on any atom is -0.320 e. The number of rotatable bonds is 6. The Morgan fingerprint density at radius 3 is 3.14 bits per heavy atom. The molecule has 2 amide bonds. The van der Waals surface area contributed by atoms with Crippen molar-refractivity contribution in [2.24, 2.45) is 5.73 Å². The highest BCUT2D eigenvalue weighted by molar-refractivity contribution is 7.99. The minimum absolute atomic E-state index is 0.0183. The molecule has 8 heteroatoms. The fraction of sp³-hybridized carbons (Fsp3) is 0.500. The van der Waals surface area contributed by atoms with Crippen molar-refractivity contribution in [3.8, 4) is 0 Å². The van der Waals surface area contributed by atoms with E-state index in [0.29, 0.717) is 12.2 Å². The Balaban J connectivity index is 1.83. The molecule has 1 aromatic heterocycles. The van der Waals surface area contributed by atoms with Crippen LogP contribution in [-0.4, -0.2) is 46.6 Å². The lowest BCUT2D eigenvalue weighted by atomic mass is 10.2. The second-order valence-corrected chi connectivity index (χ2v) is 7.08. The van der Waals surface area contributed by atoms with E-state index in [0.717, 1.165) is 11.3 Å². The van der Waals surface area contributed by atoms with Gasteiger partial charge in [0.1, 0.15) is 0 Å². The van der Waals surface area contributed by atoms with Crippen LogP contribution in [0.25, 0.3) is 0 Å². The predicted molar refractivity (Wildman–Crippen MR) is 90.5 cm³/mol. The fourth-order valence-corrected chi connectivity index (χ4v) is 3.74. The van der Waals surface area contributed by atoms with E-state index >= 15 is 0 Å². The second-order valence-electron chi connectivity index (χ2n) is 4.96. The fourth-order valence-electron chi connectivity index (χ4n) is 2.02. The first-order chi connectivity index (χ1) is 10.6. The van der Waals surface area contributed by atoms with Gasteiger partial charge in [-0.2, -0.15) is 11.8 Å². The molecule has 120 valence electrons. The maximum atomic E-state index is 12.1. The Labute approximate surface area is 138 Å². The van der Waals surface area contributed by atoms with E-state index in [9.17, 15) is 9.59 Å². The standard InChI is InChI=1S/C14H20N4O2S2/c1-21-6-4-10(15)12(19)18-13(20)11-8-22-14(17-11)9-3-2-5-16-7-9/h2-3,5,7,10-11,14,17H,4,6,8,15H2,1H3,(H,18,19,20)/t10-,11?,14?/m0/s1. The van der Waals surface area contributed by atoms with Gasteiger partial charge >= 0.3 is 0 Å². The zero-order valence-electron chi connectivity index (χ0n) is 12.3. The highest BCUT2D eigenvalue weighted by Crippen LogP contribution is 2.32. The van der Waals surface area contributed by atoms with Crippen molar-refractivity contribution in [3.63, 3.8) is 0 Å². The van der Waals surface area contributed by atoms with Gasteiger partial charge in [-0.1, -0.05) is 6.07 Å². The van der Waals surface area contributed by atoms with Crippen LogP contribution < -0.4 is 16.4 Å². The van der Waals surface area contributed by atoms with Crippen molar-refractivity contribution in [1.29, 1.82) is 0 Å². The molecule has 0 saturated carbocycles. The van der Waals surface area contributed by atoms with Crippen LogP contribution in [-0.2, 0) is 9.59 Å². The molecule has 6 nitrogen and oxygen atoms in total. The van der Waals surface area contributed by atoms with E-state index in [1.54, 1.807) is 35.9 Å². The number of amides is 2. The molecular weight excluding hydrogens is 320 g/mol. The van der Waals surface area contributed by atoms with E-state index in [4.69, 9.17) is 5.73 Å². The van der Waals surface area contributed by atoms with Crippen LogP contribution in [0.2, 0.25) is 0 Å². The van der Waals surface area contributed by atoms with Gasteiger partial charge in [-0.3, -0.25) is 25.2 Å². The summed E-state index contributed by atoms with van der Waals surface area (Å²) in [7, 11) is 0. The van der Waals surface area contributed by atoms with Crippen molar-refractivity contribution in [2.75, 3.05) is 17.8 Å². The number of nitrogens with two attached hydrogens (primary N) is 1. The van der Waals surface area contributed by atoms with E-state index < -0.39 is 18.0 Å². The minimum atomic E-state index is -0.639. The lowest BCUT2D eigenvalue weighted by Crippen LogP contribution is -2.50. The zero-order chi connectivity index (χ0) is 15.9. The van der Waals surface area contributed by atoms with Crippen LogP contribution in [0.3, 0.4) is 0 Å². The summed E-state index contributed by atoms with van der Waals surface area (Å²) in [4.78, 5) is 28.1. The van der Waals surface area contributed by atoms with Crippen LogP contribution in [0.1, 0.15) is 17.4 Å². The number of hydrogen-bond acceptors (Lipinski definition) is 7. The summed E-state index contributed by atoms with van der Waals surface area (Å²) in [6.07, 6.45) is 6.00. The Bertz CT molecular complexity index is 515. The van der Waals surface area contributed by atoms with Crippen molar-refractivity contribution >= 4 is 35.3 Å². The number of aromatic nitrogens is 1. The van der Waals surface area contributed by atoms with Gasteiger partial charge in [0.05, 0.1) is 17.5 Å². The third-order valence-electron chi connectivity index (χ3n) is 3.30. The molecule has 1 saturated heterocycles. The summed E-state index contributed by atoms with van der Waals surface area (Å²) >= 11 is 3.25. The van der Waals surface area contributed by atoms with Gasteiger partial charge in [0.2, 0.25) is 11.8 Å². The van der Waals surface area contributed by atoms with Crippen LogP contribution >= 0.6 is 23.5 Å². The van der Waals surface area contributed by atoms with Crippen LogP contribution in [0, 0.1) is 0 Å². The van der Waals surface area contributed by atoms with Gasteiger partial charge in [-0.05, 0) is 30.1 Å². The number of nitrogens with one attached hydrogen (secondary N) is 2. The van der Waals surface area contributed by atoms with E-state index in [-0.39, 0.29) is 11.3 Å². The lowest BCUT2D eigenvalue weighted by Gasteiger charge is -2.15. The van der Waals surface area contributed by atoms with Crippen molar-refractivity contribution in [2.45, 2.75) is 23.9 Å². The van der Waals surface area contributed by atoms with Gasteiger partial charge in [0.15, 0.2) is 0 Å². The maximum absolute atomic E-state index is 12.1. The first-order valence-corrected chi connectivity index (χ1v) is 9.43. The third kappa shape index (κ3) is 4.70. The summed E-state index contributed by atoms with van der Waals surface area (Å²) in [6.45, 7) is 0. The van der Waals surface area contributed by atoms with E-state index in [1.165, 1.54) is 0 Å². The molecule has 0 aromatic carbocycles. The molecule has 1 aliphatic rings. The number of pyridine rings is 1. The summed E-state index contributed by atoms with van der Waals surface area (Å²) < 4.78 is 0. The molecule has 3 atom stereocenters. The molecule has 0 bridgehead atoms. The van der Waals surface area contributed by atoms with Gasteiger partial charge in [0.25, 0.3) is 0 Å². The van der Waals surface area contributed by atoms with E-state index in [1.807, 2.05) is 18.4 Å². The Hall–Kier alpha value is -1.09. The lowest BCUT2D eigenvalue weighted by molar-refractivity contribution is -0.132. The van der Waals surface area contributed by atoms with Crippen LogP contribution in [0.15, 0.2) is 24.5 Å². The average Bonchev–Trinajstić information content (AvgIpc) is 3.03. The Morgan fingerprint density at radius 1 is 1.64 bits per heavy atom. The van der Waals surface area contributed by atoms with Crippen molar-refractivity contribution in [1.82, 2.24) is 15.6 Å². The van der Waals surface area contributed by atoms with Crippen molar-refractivity contribution in [3.05, 3.63) is 30.1 Å². The van der Waals surface area contributed by atoms with Gasteiger partial charge < -0.3 is 5.73 Å². The predicted octanol–water partition coefficient (Wildman–Crippen LogP) is 0.508. The van der Waals surface area contributed by atoms with E-state index in [2.05, 4.69) is 15.6 Å². The normalized spacial score (nSPS) is 22.3. The highest BCUT2D eigenvalue weighted by Gasteiger charge is 2.32. The second kappa shape index (κ2) is 8.52. The summed E-state index contributed by atoms with van der Waals surface area (Å²) in [6, 6.07) is 2.78. The molecule has 0 spiro atoms. The van der Waals surface area contributed by atoms with Crippen LogP contribution in [0.5, 0.6) is 0 Å². The van der Waals surface area contributed by atoms with Crippen molar-refractivity contribution < 1.29 is 9.59 Å². The smallest absolute Gasteiger partial charge is 0.244 e. The third-order valence-corrected chi connectivity index (χ3v) is 5.21. The molecule has 1 aromatic rings. The first kappa shape index (κ1) is 17.3. The molecule has 22 heavy (non-hydrogen) atoms. The number of hydrogen-bond donors (Lipinski definition) is 3. The molecule has 0 radical (unpaired) electrons. The van der Waals surface area contributed by atoms with Gasteiger partial charge in [-0.25, -0.2) is 0 Å². The average molecular weight is 340 g/mol. The number of thioether (sulfide) groups is 2. The van der Waals surface area contributed by atoms with Gasteiger partial charge in [-0.15, -0.1) is 11.8 Å². The molecule has 4 N–H and O–H groups in total. The Kier molecular flexibility index (Phi) is 6.69. The molecular formula is C14H20N4O2S2. The molecule has 2 rings (SSSR count). The highest BCUT2D eigenvalue weighted by atomic mass is 32.2. The summed E-state index contributed by atoms with van der Waals surface area (Å²) in [5, 5.41) is 5.63. The van der Waals surface area contributed by atoms with Crippen LogP contribution in [0.4, 0.5) is 0 Å². The maximum Gasteiger partial charge on any atom is 0.244 e. The molecule has 2 heterocycles. The zero-order valence-corrected chi connectivity index (χ0v) is 14.0. The quantitative estimate of drug-likeness (QED) is 0.694. The summed E-state index contributed by atoms with van der Waals surface area (Å²) in [5.41, 5.74) is 6.78. The largest absolute Gasteiger partial charge is 0.320 e. The summed E-state index contributed by atoms with van der Waals surface area (Å²) in [5.74, 6) is 0.682.